The molecular weight excluding hydrogens is 420 g/mol. The van der Waals surface area contributed by atoms with E-state index in [1.54, 1.807) is 46.1 Å². The highest BCUT2D eigenvalue weighted by Crippen LogP contribution is 2.37. The van der Waals surface area contributed by atoms with Gasteiger partial charge in [-0.3, -0.25) is 19.7 Å². The molecule has 1 fully saturated rings. The molecule has 8 heteroatoms. The van der Waals surface area contributed by atoms with E-state index < -0.39 is 0 Å². The van der Waals surface area contributed by atoms with Crippen LogP contribution in [-0.4, -0.2) is 59.6 Å². The normalized spacial score (nSPS) is 16.7. The van der Waals surface area contributed by atoms with Gasteiger partial charge in [-0.05, 0) is 23.3 Å². The number of carbonyl (C=O) groups excluding carboxylic acids is 1. The highest BCUT2D eigenvalue weighted by atomic mass is 16.5. The number of methoxy groups -OCH3 is 3. The summed E-state index contributed by atoms with van der Waals surface area (Å²) < 4.78 is 16.5. The number of rotatable bonds is 10. The molecule has 1 aromatic carbocycles. The van der Waals surface area contributed by atoms with Crippen LogP contribution in [0.3, 0.4) is 0 Å². The molecule has 1 aliphatic rings. The van der Waals surface area contributed by atoms with Crippen LogP contribution in [0.5, 0.6) is 17.2 Å². The number of nitrogens with zero attached hydrogens (tertiary/aromatic N) is 4. The van der Waals surface area contributed by atoms with Gasteiger partial charge in [0.05, 0.1) is 26.9 Å². The van der Waals surface area contributed by atoms with Crippen LogP contribution in [0, 0.1) is 0 Å². The Balaban J connectivity index is 1.50. The molecule has 3 aromatic rings. The lowest BCUT2D eigenvalue weighted by Gasteiger charge is -2.23. The van der Waals surface area contributed by atoms with E-state index in [4.69, 9.17) is 14.2 Å². The lowest BCUT2D eigenvalue weighted by molar-refractivity contribution is -0.132. The lowest BCUT2D eigenvalue weighted by atomic mass is 10.1. The average Bonchev–Trinajstić information content (AvgIpc) is 3.63. The van der Waals surface area contributed by atoms with Gasteiger partial charge in [0.15, 0.2) is 0 Å². The summed E-state index contributed by atoms with van der Waals surface area (Å²) in [6.45, 7) is 2.19. The fourth-order valence-corrected chi connectivity index (χ4v) is 3.87. The molecule has 1 saturated heterocycles. The number of carbonyl (C=O) groups is 1. The molecule has 0 radical (unpaired) electrons. The van der Waals surface area contributed by atoms with Gasteiger partial charge in [0.1, 0.15) is 23.3 Å². The fourth-order valence-electron chi connectivity index (χ4n) is 3.87. The Morgan fingerprint density at radius 3 is 2.00 bits per heavy atom. The number of hydrogen-bond donors (Lipinski definition) is 0. The van der Waals surface area contributed by atoms with E-state index in [0.29, 0.717) is 43.4 Å². The topological polar surface area (TPSA) is 76.8 Å². The number of benzene rings is 1. The van der Waals surface area contributed by atoms with E-state index >= 15 is 0 Å². The zero-order valence-electron chi connectivity index (χ0n) is 19.1. The zero-order valence-corrected chi connectivity index (χ0v) is 19.1. The minimum Gasteiger partial charge on any atom is -0.496 e. The molecular formula is C25H28N4O4. The van der Waals surface area contributed by atoms with Crippen molar-refractivity contribution in [1.82, 2.24) is 19.8 Å². The second-order valence-corrected chi connectivity index (χ2v) is 7.87. The number of aromatic nitrogens is 2. The van der Waals surface area contributed by atoms with Crippen molar-refractivity contribution in [2.75, 3.05) is 27.9 Å². The number of amides is 1. The van der Waals surface area contributed by atoms with Crippen LogP contribution in [-0.2, 0) is 24.4 Å². The largest absolute Gasteiger partial charge is 0.496 e. The summed E-state index contributed by atoms with van der Waals surface area (Å²) in [4.78, 5) is 25.8. The molecule has 2 unspecified atom stereocenters. The third-order valence-electron chi connectivity index (χ3n) is 5.68. The standard InChI is InChI=1S/C25H28N4O4/c1-31-20-10-23(32-2)21(24(11-20)33-3)16-28-17-22(28)25(30)29(14-18-6-4-8-26-12-18)15-19-7-5-9-27-13-19/h4-13,22H,14-17H2,1-3H3. The molecule has 172 valence electrons. The molecule has 2 atom stereocenters. The molecule has 4 rings (SSSR count). The Labute approximate surface area is 193 Å². The predicted molar refractivity (Wildman–Crippen MR) is 123 cm³/mol. The maximum Gasteiger partial charge on any atom is 0.241 e. The molecule has 0 saturated carbocycles. The zero-order chi connectivity index (χ0) is 23.2. The van der Waals surface area contributed by atoms with Crippen molar-refractivity contribution in [2.24, 2.45) is 0 Å². The van der Waals surface area contributed by atoms with E-state index in [0.717, 1.165) is 16.7 Å². The Hall–Kier alpha value is -3.65. The van der Waals surface area contributed by atoms with E-state index in [9.17, 15) is 4.79 Å². The molecule has 0 spiro atoms. The summed E-state index contributed by atoms with van der Waals surface area (Å²) in [5.41, 5.74) is 2.86. The van der Waals surface area contributed by atoms with Crippen molar-refractivity contribution in [2.45, 2.75) is 25.7 Å². The summed E-state index contributed by atoms with van der Waals surface area (Å²) in [5, 5.41) is 0. The first-order valence-corrected chi connectivity index (χ1v) is 10.7. The van der Waals surface area contributed by atoms with Crippen LogP contribution in [0.2, 0.25) is 0 Å². The predicted octanol–water partition coefficient (Wildman–Crippen LogP) is 2.92. The van der Waals surface area contributed by atoms with Crippen LogP contribution in [0.1, 0.15) is 16.7 Å². The van der Waals surface area contributed by atoms with E-state index in [2.05, 4.69) is 14.9 Å². The number of hydrogen-bond acceptors (Lipinski definition) is 7. The number of ether oxygens (including phenoxy) is 3. The monoisotopic (exact) mass is 448 g/mol. The van der Waals surface area contributed by atoms with Crippen LogP contribution >= 0.6 is 0 Å². The van der Waals surface area contributed by atoms with Crippen molar-refractivity contribution in [3.05, 3.63) is 77.9 Å². The first kappa shape index (κ1) is 22.5. The minimum atomic E-state index is -0.199. The Morgan fingerprint density at radius 1 is 0.970 bits per heavy atom. The second-order valence-electron chi connectivity index (χ2n) is 7.87. The van der Waals surface area contributed by atoms with Gasteiger partial charge in [-0.15, -0.1) is 0 Å². The summed E-state index contributed by atoms with van der Waals surface area (Å²) in [5.74, 6) is 2.08. The first-order chi connectivity index (χ1) is 16.1. The Kier molecular flexibility index (Phi) is 7.04. The highest BCUT2D eigenvalue weighted by Gasteiger charge is 2.43. The van der Waals surface area contributed by atoms with E-state index in [1.807, 2.05) is 41.3 Å². The lowest BCUT2D eigenvalue weighted by Crippen LogP contribution is -2.35. The molecule has 2 aromatic heterocycles. The number of pyridine rings is 2. The third-order valence-corrected chi connectivity index (χ3v) is 5.68. The summed E-state index contributed by atoms with van der Waals surface area (Å²) in [6.07, 6.45) is 7.05. The van der Waals surface area contributed by atoms with Crippen LogP contribution in [0.15, 0.2) is 61.2 Å². The molecule has 1 amide bonds. The van der Waals surface area contributed by atoms with Crippen LogP contribution < -0.4 is 14.2 Å². The van der Waals surface area contributed by atoms with E-state index in [-0.39, 0.29) is 11.9 Å². The fraction of sp³-hybridized carbons (Fsp3) is 0.320. The summed E-state index contributed by atoms with van der Waals surface area (Å²) >= 11 is 0. The molecule has 8 nitrogen and oxygen atoms in total. The maximum absolute atomic E-state index is 13.5. The van der Waals surface area contributed by atoms with Crippen LogP contribution in [0.25, 0.3) is 0 Å². The van der Waals surface area contributed by atoms with E-state index in [1.165, 1.54) is 0 Å². The van der Waals surface area contributed by atoms with Gasteiger partial charge in [0, 0.05) is 63.1 Å². The molecule has 33 heavy (non-hydrogen) atoms. The van der Waals surface area contributed by atoms with Crippen molar-refractivity contribution in [3.63, 3.8) is 0 Å². The SMILES string of the molecule is COc1cc(OC)c(CN2CC2C(=O)N(Cc2cccnc2)Cc2cccnc2)c(OC)c1. The van der Waals surface area contributed by atoms with Crippen molar-refractivity contribution < 1.29 is 19.0 Å². The van der Waals surface area contributed by atoms with Crippen molar-refractivity contribution in [1.29, 1.82) is 0 Å². The minimum absolute atomic E-state index is 0.0779. The Morgan fingerprint density at radius 2 is 1.55 bits per heavy atom. The molecule has 0 N–H and O–H groups in total. The van der Waals surface area contributed by atoms with Gasteiger partial charge in [0.25, 0.3) is 0 Å². The summed E-state index contributed by atoms with van der Waals surface area (Å²) in [7, 11) is 4.84. The first-order valence-electron chi connectivity index (χ1n) is 10.7. The molecule has 3 heterocycles. The smallest absolute Gasteiger partial charge is 0.241 e. The quantitative estimate of drug-likeness (QED) is 0.442. The molecule has 1 aliphatic heterocycles. The Bertz CT molecular complexity index is 1010. The van der Waals surface area contributed by atoms with Gasteiger partial charge >= 0.3 is 0 Å². The van der Waals surface area contributed by atoms with Gasteiger partial charge < -0.3 is 19.1 Å². The van der Waals surface area contributed by atoms with Gasteiger partial charge in [-0.1, -0.05) is 12.1 Å². The van der Waals surface area contributed by atoms with Gasteiger partial charge in [-0.25, -0.2) is 0 Å². The summed E-state index contributed by atoms with van der Waals surface area (Å²) in [6, 6.07) is 11.2. The van der Waals surface area contributed by atoms with Crippen LogP contribution in [0.4, 0.5) is 0 Å². The molecule has 0 aliphatic carbocycles. The van der Waals surface area contributed by atoms with Gasteiger partial charge in [0.2, 0.25) is 5.91 Å². The van der Waals surface area contributed by atoms with Crippen molar-refractivity contribution >= 4 is 5.91 Å². The average molecular weight is 449 g/mol. The highest BCUT2D eigenvalue weighted by molar-refractivity contribution is 5.84. The third kappa shape index (κ3) is 5.40. The van der Waals surface area contributed by atoms with Gasteiger partial charge in [-0.2, -0.15) is 0 Å². The maximum atomic E-state index is 13.5. The molecule has 0 bridgehead atoms. The van der Waals surface area contributed by atoms with Crippen molar-refractivity contribution in [3.8, 4) is 17.2 Å². The second kappa shape index (κ2) is 10.3.